The Morgan fingerprint density at radius 3 is 2.40 bits per heavy atom. The van der Waals surface area contributed by atoms with Gasteiger partial charge in [0.1, 0.15) is 5.76 Å². The molecule has 0 fully saturated rings. The van der Waals surface area contributed by atoms with Gasteiger partial charge < -0.3 is 14.7 Å². The first-order valence-electron chi connectivity index (χ1n) is 9.04. The molecule has 1 N–H and O–H groups in total. The number of guanidine groups is 1. The molecule has 0 amide bonds. The summed E-state index contributed by atoms with van der Waals surface area (Å²) in [7, 11) is 2.07. The SMILES string of the molecule is CCNC(=NCCc1c(C)noc1C)N(C)Cc1ccc(CC)cc1. The Morgan fingerprint density at radius 1 is 1.16 bits per heavy atom. The summed E-state index contributed by atoms with van der Waals surface area (Å²) in [6, 6.07) is 8.79. The number of rotatable bonds is 7. The first kappa shape index (κ1) is 19.0. The van der Waals surface area contributed by atoms with Crippen LogP contribution >= 0.6 is 0 Å². The van der Waals surface area contributed by atoms with Crippen LogP contribution in [0.3, 0.4) is 0 Å². The number of benzene rings is 1. The van der Waals surface area contributed by atoms with Crippen molar-refractivity contribution in [1.82, 2.24) is 15.4 Å². The van der Waals surface area contributed by atoms with Crippen LogP contribution in [0.4, 0.5) is 0 Å². The highest BCUT2D eigenvalue weighted by Crippen LogP contribution is 2.13. The summed E-state index contributed by atoms with van der Waals surface area (Å²) in [4.78, 5) is 6.93. The number of nitrogens with zero attached hydrogens (tertiary/aromatic N) is 3. The van der Waals surface area contributed by atoms with E-state index < -0.39 is 0 Å². The number of nitrogens with one attached hydrogen (secondary N) is 1. The van der Waals surface area contributed by atoms with Crippen molar-refractivity contribution in [3.05, 3.63) is 52.4 Å². The zero-order valence-electron chi connectivity index (χ0n) is 16.1. The predicted octanol–water partition coefficient (Wildman–Crippen LogP) is 3.49. The van der Waals surface area contributed by atoms with Gasteiger partial charge in [-0.05, 0) is 44.7 Å². The van der Waals surface area contributed by atoms with Gasteiger partial charge in [-0.25, -0.2) is 0 Å². The summed E-state index contributed by atoms with van der Waals surface area (Å²) < 4.78 is 5.22. The lowest BCUT2D eigenvalue weighted by Crippen LogP contribution is -2.38. The maximum atomic E-state index is 5.22. The zero-order chi connectivity index (χ0) is 18.2. The highest BCUT2D eigenvalue weighted by atomic mass is 16.5. The molecule has 0 aliphatic carbocycles. The van der Waals surface area contributed by atoms with Crippen LogP contribution in [0.2, 0.25) is 0 Å². The molecule has 136 valence electrons. The molecule has 0 atom stereocenters. The molecule has 0 radical (unpaired) electrons. The molecule has 0 saturated carbocycles. The van der Waals surface area contributed by atoms with Crippen molar-refractivity contribution in [2.24, 2.45) is 4.99 Å². The normalized spacial score (nSPS) is 11.6. The standard InChI is InChI=1S/C20H30N4O/c1-6-17-8-10-18(11-9-17)14-24(5)20(21-7-2)22-13-12-19-15(3)23-25-16(19)4/h8-11H,6-7,12-14H2,1-5H3,(H,21,22). The van der Waals surface area contributed by atoms with E-state index in [1.165, 1.54) is 11.1 Å². The molecule has 0 aliphatic heterocycles. The molecule has 0 aliphatic rings. The average Bonchev–Trinajstić information content (AvgIpc) is 2.93. The van der Waals surface area contributed by atoms with Gasteiger partial charge >= 0.3 is 0 Å². The first-order valence-corrected chi connectivity index (χ1v) is 9.04. The van der Waals surface area contributed by atoms with Crippen LogP contribution in [0.25, 0.3) is 0 Å². The van der Waals surface area contributed by atoms with E-state index >= 15 is 0 Å². The Morgan fingerprint density at radius 2 is 1.84 bits per heavy atom. The summed E-state index contributed by atoms with van der Waals surface area (Å²) in [5.41, 5.74) is 4.78. The van der Waals surface area contributed by atoms with Gasteiger partial charge in [-0.15, -0.1) is 0 Å². The van der Waals surface area contributed by atoms with Gasteiger partial charge in [-0.3, -0.25) is 4.99 Å². The number of hydrogen-bond acceptors (Lipinski definition) is 3. The van der Waals surface area contributed by atoms with Crippen LogP contribution in [-0.4, -0.2) is 36.2 Å². The van der Waals surface area contributed by atoms with Crippen LogP contribution in [0.1, 0.15) is 42.0 Å². The van der Waals surface area contributed by atoms with Gasteiger partial charge in [0.15, 0.2) is 5.96 Å². The maximum Gasteiger partial charge on any atom is 0.193 e. The van der Waals surface area contributed by atoms with Gasteiger partial charge in [0.05, 0.1) is 5.69 Å². The summed E-state index contributed by atoms with van der Waals surface area (Å²) in [6.07, 6.45) is 1.91. The second-order valence-corrected chi connectivity index (χ2v) is 6.31. The van der Waals surface area contributed by atoms with Crippen LogP contribution in [-0.2, 0) is 19.4 Å². The molecule has 0 saturated heterocycles. The molecule has 1 aromatic heterocycles. The third-order valence-corrected chi connectivity index (χ3v) is 4.35. The average molecular weight is 342 g/mol. The van der Waals surface area contributed by atoms with Crippen LogP contribution in [0.15, 0.2) is 33.8 Å². The van der Waals surface area contributed by atoms with E-state index in [9.17, 15) is 0 Å². The van der Waals surface area contributed by atoms with Crippen molar-refractivity contribution in [3.63, 3.8) is 0 Å². The van der Waals surface area contributed by atoms with Crippen molar-refractivity contribution in [1.29, 1.82) is 0 Å². The maximum absolute atomic E-state index is 5.22. The van der Waals surface area contributed by atoms with Crippen LogP contribution in [0.5, 0.6) is 0 Å². The topological polar surface area (TPSA) is 53.7 Å². The summed E-state index contributed by atoms with van der Waals surface area (Å²) in [6.45, 7) is 10.6. The second-order valence-electron chi connectivity index (χ2n) is 6.31. The van der Waals surface area contributed by atoms with E-state index in [1.807, 2.05) is 13.8 Å². The summed E-state index contributed by atoms with van der Waals surface area (Å²) >= 11 is 0. The molecule has 25 heavy (non-hydrogen) atoms. The fourth-order valence-electron chi connectivity index (χ4n) is 2.83. The molecule has 0 unspecified atom stereocenters. The molecule has 0 spiro atoms. The van der Waals surface area contributed by atoms with Gasteiger partial charge in [-0.1, -0.05) is 36.3 Å². The molecule has 0 bridgehead atoms. The van der Waals surface area contributed by atoms with E-state index in [0.717, 1.165) is 48.9 Å². The number of aliphatic imine (C=N–C) groups is 1. The molecule has 5 heteroatoms. The fraction of sp³-hybridized carbons (Fsp3) is 0.500. The van der Waals surface area contributed by atoms with Crippen molar-refractivity contribution in [2.45, 2.75) is 47.1 Å². The summed E-state index contributed by atoms with van der Waals surface area (Å²) in [5.74, 6) is 1.82. The van der Waals surface area contributed by atoms with Gasteiger partial charge in [0.2, 0.25) is 0 Å². The zero-order valence-corrected chi connectivity index (χ0v) is 16.1. The monoisotopic (exact) mass is 342 g/mol. The quantitative estimate of drug-likeness (QED) is 0.618. The van der Waals surface area contributed by atoms with E-state index in [0.29, 0.717) is 6.54 Å². The fourth-order valence-corrected chi connectivity index (χ4v) is 2.83. The number of aromatic nitrogens is 1. The van der Waals surface area contributed by atoms with E-state index in [1.54, 1.807) is 0 Å². The van der Waals surface area contributed by atoms with E-state index in [2.05, 4.69) is 60.5 Å². The molecule has 5 nitrogen and oxygen atoms in total. The molecule has 1 aromatic carbocycles. The minimum Gasteiger partial charge on any atom is -0.361 e. The van der Waals surface area contributed by atoms with E-state index in [-0.39, 0.29) is 0 Å². The predicted molar refractivity (Wildman–Crippen MR) is 103 cm³/mol. The molecule has 2 aromatic rings. The highest BCUT2D eigenvalue weighted by molar-refractivity contribution is 5.79. The highest BCUT2D eigenvalue weighted by Gasteiger charge is 2.10. The third-order valence-electron chi connectivity index (χ3n) is 4.35. The van der Waals surface area contributed by atoms with Crippen molar-refractivity contribution in [2.75, 3.05) is 20.1 Å². The molecular formula is C20H30N4O. The van der Waals surface area contributed by atoms with Gasteiger partial charge in [0, 0.05) is 32.2 Å². The number of aryl methyl sites for hydroxylation is 3. The van der Waals surface area contributed by atoms with Crippen LogP contribution in [0, 0.1) is 13.8 Å². The minimum atomic E-state index is 0.713. The lowest BCUT2D eigenvalue weighted by molar-refractivity contribution is 0.392. The van der Waals surface area contributed by atoms with Crippen molar-refractivity contribution in [3.8, 4) is 0 Å². The Kier molecular flexibility index (Phi) is 7.04. The van der Waals surface area contributed by atoms with E-state index in [4.69, 9.17) is 9.52 Å². The molecule has 1 heterocycles. The van der Waals surface area contributed by atoms with Crippen LogP contribution < -0.4 is 5.32 Å². The van der Waals surface area contributed by atoms with Gasteiger partial charge in [0.25, 0.3) is 0 Å². The Hall–Kier alpha value is -2.30. The van der Waals surface area contributed by atoms with Crippen molar-refractivity contribution >= 4 is 5.96 Å². The minimum absolute atomic E-state index is 0.713. The largest absolute Gasteiger partial charge is 0.361 e. The summed E-state index contributed by atoms with van der Waals surface area (Å²) in [5, 5.41) is 7.38. The van der Waals surface area contributed by atoms with Gasteiger partial charge in [-0.2, -0.15) is 0 Å². The molecule has 2 rings (SSSR count). The van der Waals surface area contributed by atoms with Crippen molar-refractivity contribution < 1.29 is 4.52 Å². The molecular weight excluding hydrogens is 312 g/mol. The second kappa shape index (κ2) is 9.25. The lowest BCUT2D eigenvalue weighted by atomic mass is 10.1. The first-order chi connectivity index (χ1) is 12.0. The Bertz CT molecular complexity index is 669. The lowest BCUT2D eigenvalue weighted by Gasteiger charge is -2.22. The smallest absolute Gasteiger partial charge is 0.193 e. The third kappa shape index (κ3) is 5.34. The number of hydrogen-bond donors (Lipinski definition) is 1. The Labute approximate surface area is 151 Å². The Balaban J connectivity index is 1.99.